The van der Waals surface area contributed by atoms with E-state index >= 15 is 0 Å². The van der Waals surface area contributed by atoms with Crippen LogP contribution in [0.4, 0.5) is 10.5 Å². The van der Waals surface area contributed by atoms with E-state index in [2.05, 4.69) is 29.7 Å². The Hall–Kier alpha value is -2.29. The van der Waals surface area contributed by atoms with E-state index < -0.39 is 0 Å². The van der Waals surface area contributed by atoms with Gasteiger partial charge in [0.1, 0.15) is 0 Å². The van der Waals surface area contributed by atoms with Gasteiger partial charge in [0.15, 0.2) is 0 Å². The SMILES string of the molecule is CCc1ccccc1NC(=O)NC1(c2ccccc2)CC1. The Labute approximate surface area is 125 Å². The summed E-state index contributed by atoms with van der Waals surface area (Å²) in [6.07, 6.45) is 2.90. The molecule has 0 spiro atoms. The van der Waals surface area contributed by atoms with Gasteiger partial charge in [-0.2, -0.15) is 0 Å². The molecule has 2 N–H and O–H groups in total. The number of carbonyl (C=O) groups is 1. The van der Waals surface area contributed by atoms with Gasteiger partial charge in [-0.05, 0) is 36.5 Å². The van der Waals surface area contributed by atoms with Crippen LogP contribution in [-0.4, -0.2) is 6.03 Å². The van der Waals surface area contributed by atoms with Gasteiger partial charge in [0.25, 0.3) is 0 Å². The van der Waals surface area contributed by atoms with E-state index in [0.29, 0.717) is 0 Å². The highest BCUT2D eigenvalue weighted by Crippen LogP contribution is 2.45. The minimum atomic E-state index is -0.174. The number of hydrogen-bond donors (Lipinski definition) is 2. The number of benzene rings is 2. The van der Waals surface area contributed by atoms with Gasteiger partial charge in [-0.25, -0.2) is 4.79 Å². The summed E-state index contributed by atoms with van der Waals surface area (Å²) in [7, 11) is 0. The Bertz CT molecular complexity index is 633. The smallest absolute Gasteiger partial charge is 0.319 e. The molecule has 0 heterocycles. The first-order valence-corrected chi connectivity index (χ1v) is 7.46. The van der Waals surface area contributed by atoms with Crippen molar-refractivity contribution in [3.05, 3.63) is 65.7 Å². The largest absolute Gasteiger partial charge is 0.328 e. The molecule has 1 fully saturated rings. The molecular formula is C18H20N2O. The van der Waals surface area contributed by atoms with Crippen molar-refractivity contribution in [1.29, 1.82) is 0 Å². The number of carbonyl (C=O) groups excluding carboxylic acids is 1. The highest BCUT2D eigenvalue weighted by molar-refractivity contribution is 5.91. The Morgan fingerprint density at radius 1 is 1.05 bits per heavy atom. The standard InChI is InChI=1S/C18H20N2O/c1-2-14-8-6-7-11-16(14)19-17(21)20-18(12-13-18)15-9-4-3-5-10-15/h3-11H,2,12-13H2,1H3,(H2,19,20,21). The molecule has 0 aliphatic heterocycles. The lowest BCUT2D eigenvalue weighted by Crippen LogP contribution is -2.38. The highest BCUT2D eigenvalue weighted by Gasteiger charge is 2.45. The van der Waals surface area contributed by atoms with Crippen LogP contribution in [0.3, 0.4) is 0 Å². The maximum absolute atomic E-state index is 12.3. The van der Waals surface area contributed by atoms with Crippen LogP contribution in [-0.2, 0) is 12.0 Å². The molecule has 2 aromatic carbocycles. The lowest BCUT2D eigenvalue weighted by Gasteiger charge is -2.19. The summed E-state index contributed by atoms with van der Waals surface area (Å²) < 4.78 is 0. The van der Waals surface area contributed by atoms with Crippen LogP contribution in [0.1, 0.15) is 30.9 Å². The molecular weight excluding hydrogens is 260 g/mol. The molecule has 2 aromatic rings. The number of hydrogen-bond acceptors (Lipinski definition) is 1. The van der Waals surface area contributed by atoms with E-state index in [4.69, 9.17) is 0 Å². The molecule has 3 nitrogen and oxygen atoms in total. The zero-order chi connectivity index (χ0) is 14.7. The molecule has 1 saturated carbocycles. The van der Waals surface area contributed by atoms with Crippen LogP contribution in [0.5, 0.6) is 0 Å². The second-order valence-corrected chi connectivity index (χ2v) is 5.54. The minimum absolute atomic E-state index is 0.128. The van der Waals surface area contributed by atoms with Crippen molar-refractivity contribution in [3.63, 3.8) is 0 Å². The Kier molecular flexibility index (Phi) is 3.65. The molecule has 2 amide bonds. The third kappa shape index (κ3) is 2.92. The maximum atomic E-state index is 12.3. The molecule has 0 aromatic heterocycles. The molecule has 1 aliphatic carbocycles. The molecule has 3 rings (SSSR count). The van der Waals surface area contributed by atoms with Crippen molar-refractivity contribution in [2.75, 3.05) is 5.32 Å². The molecule has 21 heavy (non-hydrogen) atoms. The first-order valence-electron chi connectivity index (χ1n) is 7.46. The molecule has 0 unspecified atom stereocenters. The number of rotatable bonds is 4. The second kappa shape index (κ2) is 5.60. The number of para-hydroxylation sites is 1. The van der Waals surface area contributed by atoms with E-state index in [-0.39, 0.29) is 11.6 Å². The quantitative estimate of drug-likeness (QED) is 0.871. The van der Waals surface area contributed by atoms with Crippen LogP contribution >= 0.6 is 0 Å². The molecule has 0 radical (unpaired) electrons. The van der Waals surface area contributed by atoms with Gasteiger partial charge in [-0.3, -0.25) is 0 Å². The first kappa shape index (κ1) is 13.7. The van der Waals surface area contributed by atoms with Crippen molar-refractivity contribution in [2.45, 2.75) is 31.7 Å². The van der Waals surface area contributed by atoms with Crippen molar-refractivity contribution < 1.29 is 4.79 Å². The van der Waals surface area contributed by atoms with Gasteiger partial charge < -0.3 is 10.6 Å². The van der Waals surface area contributed by atoms with Crippen molar-refractivity contribution in [1.82, 2.24) is 5.32 Å². The Morgan fingerprint density at radius 2 is 1.71 bits per heavy atom. The predicted octanol–water partition coefficient (Wildman–Crippen LogP) is 4.06. The van der Waals surface area contributed by atoms with E-state index in [1.807, 2.05) is 42.5 Å². The summed E-state index contributed by atoms with van der Waals surface area (Å²) in [5, 5.41) is 6.11. The summed E-state index contributed by atoms with van der Waals surface area (Å²) in [4.78, 5) is 12.3. The fraction of sp³-hybridized carbons (Fsp3) is 0.278. The molecule has 0 saturated heterocycles. The van der Waals surface area contributed by atoms with Gasteiger partial charge >= 0.3 is 6.03 Å². The van der Waals surface area contributed by atoms with E-state index in [9.17, 15) is 4.79 Å². The summed E-state index contributed by atoms with van der Waals surface area (Å²) in [5.74, 6) is 0. The summed E-state index contributed by atoms with van der Waals surface area (Å²) >= 11 is 0. The monoisotopic (exact) mass is 280 g/mol. The van der Waals surface area contributed by atoms with Crippen molar-refractivity contribution in [2.24, 2.45) is 0 Å². The fourth-order valence-electron chi connectivity index (χ4n) is 2.69. The average Bonchev–Trinajstić information content (AvgIpc) is 3.29. The highest BCUT2D eigenvalue weighted by atomic mass is 16.2. The van der Waals surface area contributed by atoms with Crippen molar-refractivity contribution in [3.8, 4) is 0 Å². The second-order valence-electron chi connectivity index (χ2n) is 5.54. The van der Waals surface area contributed by atoms with E-state index in [1.165, 1.54) is 5.56 Å². The third-order valence-corrected chi connectivity index (χ3v) is 4.08. The number of urea groups is 1. The number of anilines is 1. The third-order valence-electron chi connectivity index (χ3n) is 4.08. The summed E-state index contributed by atoms with van der Waals surface area (Å²) in [6, 6.07) is 18.0. The minimum Gasteiger partial charge on any atom is -0.328 e. The first-order chi connectivity index (χ1) is 10.2. The van der Waals surface area contributed by atoms with Gasteiger partial charge in [0.05, 0.1) is 5.54 Å². The topological polar surface area (TPSA) is 41.1 Å². The summed E-state index contributed by atoms with van der Waals surface area (Å²) in [5.41, 5.74) is 3.05. The zero-order valence-corrected chi connectivity index (χ0v) is 12.2. The number of aryl methyl sites for hydroxylation is 1. The normalized spacial score (nSPS) is 15.3. The summed E-state index contributed by atoms with van der Waals surface area (Å²) in [6.45, 7) is 2.09. The molecule has 108 valence electrons. The Balaban J connectivity index is 1.70. The zero-order valence-electron chi connectivity index (χ0n) is 12.2. The maximum Gasteiger partial charge on any atom is 0.319 e. The van der Waals surface area contributed by atoms with Gasteiger partial charge in [0, 0.05) is 5.69 Å². The van der Waals surface area contributed by atoms with Crippen LogP contribution in [0.15, 0.2) is 54.6 Å². The molecule has 1 aliphatic rings. The van der Waals surface area contributed by atoms with Crippen molar-refractivity contribution >= 4 is 11.7 Å². The van der Waals surface area contributed by atoms with Crippen LogP contribution < -0.4 is 10.6 Å². The van der Waals surface area contributed by atoms with E-state index in [1.54, 1.807) is 0 Å². The Morgan fingerprint density at radius 3 is 2.38 bits per heavy atom. The number of amides is 2. The van der Waals surface area contributed by atoms with Crippen LogP contribution in [0.25, 0.3) is 0 Å². The number of nitrogens with one attached hydrogen (secondary N) is 2. The predicted molar refractivity (Wildman–Crippen MR) is 85.3 cm³/mol. The van der Waals surface area contributed by atoms with Crippen LogP contribution in [0, 0.1) is 0 Å². The average molecular weight is 280 g/mol. The lowest BCUT2D eigenvalue weighted by molar-refractivity contribution is 0.247. The molecule has 0 atom stereocenters. The van der Waals surface area contributed by atoms with Gasteiger partial charge in [-0.15, -0.1) is 0 Å². The molecule has 3 heteroatoms. The lowest BCUT2D eigenvalue weighted by atomic mass is 10.1. The fourth-order valence-corrected chi connectivity index (χ4v) is 2.69. The molecule has 0 bridgehead atoms. The van der Waals surface area contributed by atoms with Gasteiger partial charge in [0.2, 0.25) is 0 Å². The van der Waals surface area contributed by atoms with Gasteiger partial charge in [-0.1, -0.05) is 55.5 Å². The van der Waals surface area contributed by atoms with E-state index in [0.717, 1.165) is 30.5 Å². The van der Waals surface area contributed by atoms with Crippen LogP contribution in [0.2, 0.25) is 0 Å².